The number of anilines is 1. The van der Waals surface area contributed by atoms with Crippen molar-refractivity contribution in [1.82, 2.24) is 19.5 Å². The highest BCUT2D eigenvalue weighted by atomic mass is 15.3. The number of hydrazine groups is 1. The topological polar surface area (TPSA) is 81.7 Å². The fraction of sp³-hybridized carbons (Fsp3) is 0.444. The molecule has 2 rings (SSSR count). The zero-order valence-corrected chi connectivity index (χ0v) is 8.64. The Kier molecular flexibility index (Phi) is 2.77. The molecule has 0 bridgehead atoms. The summed E-state index contributed by atoms with van der Waals surface area (Å²) in [6.07, 6.45) is 5.52. The van der Waals surface area contributed by atoms with Crippen LogP contribution < -0.4 is 11.3 Å². The second-order valence-corrected chi connectivity index (χ2v) is 3.33. The minimum atomic E-state index is 0.565. The molecule has 2 aromatic heterocycles. The zero-order valence-electron chi connectivity index (χ0n) is 8.64. The van der Waals surface area contributed by atoms with Crippen LogP contribution in [-0.4, -0.2) is 19.5 Å². The fourth-order valence-electron chi connectivity index (χ4n) is 1.48. The molecule has 0 fully saturated rings. The highest BCUT2D eigenvalue weighted by molar-refractivity contribution is 5.82. The van der Waals surface area contributed by atoms with Crippen LogP contribution in [0.25, 0.3) is 11.2 Å². The normalized spacial score (nSPS) is 10.8. The Morgan fingerprint density at radius 3 is 3.00 bits per heavy atom. The first-order valence-electron chi connectivity index (χ1n) is 4.99. The van der Waals surface area contributed by atoms with E-state index < -0.39 is 0 Å². The van der Waals surface area contributed by atoms with Gasteiger partial charge in [-0.15, -0.1) is 0 Å². The van der Waals surface area contributed by atoms with Crippen LogP contribution in [0.3, 0.4) is 0 Å². The fourth-order valence-corrected chi connectivity index (χ4v) is 1.48. The molecule has 0 aromatic carbocycles. The van der Waals surface area contributed by atoms with E-state index in [0.717, 1.165) is 30.6 Å². The van der Waals surface area contributed by atoms with Gasteiger partial charge in [0.15, 0.2) is 17.0 Å². The monoisotopic (exact) mass is 206 g/mol. The van der Waals surface area contributed by atoms with Crippen molar-refractivity contribution in [1.29, 1.82) is 0 Å². The lowest BCUT2D eigenvalue weighted by Crippen LogP contribution is -2.09. The van der Waals surface area contributed by atoms with E-state index in [9.17, 15) is 0 Å². The smallest absolute Gasteiger partial charge is 0.171 e. The summed E-state index contributed by atoms with van der Waals surface area (Å²) in [5.74, 6) is 5.90. The van der Waals surface area contributed by atoms with E-state index >= 15 is 0 Å². The summed E-state index contributed by atoms with van der Waals surface area (Å²) in [6, 6.07) is 0. The number of nitrogen functional groups attached to an aromatic ring is 1. The van der Waals surface area contributed by atoms with E-state index in [4.69, 9.17) is 5.84 Å². The number of rotatable bonds is 4. The summed E-state index contributed by atoms with van der Waals surface area (Å²) < 4.78 is 2.02. The number of unbranched alkanes of at least 4 members (excludes halogenated alkanes) is 1. The number of aromatic nitrogens is 4. The molecule has 2 heterocycles. The molecule has 0 saturated heterocycles. The van der Waals surface area contributed by atoms with Gasteiger partial charge >= 0.3 is 0 Å². The first-order chi connectivity index (χ1) is 7.36. The second kappa shape index (κ2) is 4.22. The predicted molar refractivity (Wildman–Crippen MR) is 58.0 cm³/mol. The lowest BCUT2D eigenvalue weighted by atomic mass is 10.3. The Morgan fingerprint density at radius 1 is 1.40 bits per heavy atom. The predicted octanol–water partition coefficient (Wildman–Crippen LogP) is 0.912. The maximum Gasteiger partial charge on any atom is 0.171 e. The van der Waals surface area contributed by atoms with Gasteiger partial charge in [0, 0.05) is 6.54 Å². The van der Waals surface area contributed by atoms with Crippen molar-refractivity contribution in [3.63, 3.8) is 0 Å². The van der Waals surface area contributed by atoms with Gasteiger partial charge in [-0.1, -0.05) is 13.3 Å². The van der Waals surface area contributed by atoms with Crippen molar-refractivity contribution in [3.8, 4) is 0 Å². The zero-order chi connectivity index (χ0) is 10.7. The molecule has 15 heavy (non-hydrogen) atoms. The average molecular weight is 206 g/mol. The van der Waals surface area contributed by atoms with Crippen LogP contribution in [0, 0.1) is 0 Å². The minimum Gasteiger partial charge on any atom is -0.315 e. The molecule has 80 valence electrons. The van der Waals surface area contributed by atoms with Crippen LogP contribution >= 0.6 is 0 Å². The molecule has 0 radical (unpaired) electrons. The second-order valence-electron chi connectivity index (χ2n) is 3.33. The molecule has 2 aromatic rings. The first-order valence-corrected chi connectivity index (χ1v) is 4.99. The molecule has 0 atom stereocenters. The summed E-state index contributed by atoms with van der Waals surface area (Å²) in [6.45, 7) is 3.08. The van der Waals surface area contributed by atoms with Gasteiger partial charge in [0.2, 0.25) is 0 Å². The van der Waals surface area contributed by atoms with E-state index in [-0.39, 0.29) is 0 Å². The summed E-state index contributed by atoms with van der Waals surface area (Å²) in [7, 11) is 0. The maximum absolute atomic E-state index is 5.34. The Labute approximate surface area is 87.5 Å². The van der Waals surface area contributed by atoms with E-state index in [1.807, 2.05) is 4.57 Å². The molecule has 0 aliphatic carbocycles. The van der Waals surface area contributed by atoms with Crippen LogP contribution in [-0.2, 0) is 6.54 Å². The summed E-state index contributed by atoms with van der Waals surface area (Å²) in [5, 5.41) is 0. The first kappa shape index (κ1) is 9.85. The number of nitrogens with one attached hydrogen (secondary N) is 1. The molecule has 6 heteroatoms. The van der Waals surface area contributed by atoms with Crippen molar-refractivity contribution < 1.29 is 0 Å². The molecular weight excluding hydrogens is 192 g/mol. The van der Waals surface area contributed by atoms with Crippen molar-refractivity contribution in [3.05, 3.63) is 12.7 Å². The van der Waals surface area contributed by atoms with Gasteiger partial charge in [0.05, 0.1) is 6.33 Å². The van der Waals surface area contributed by atoms with Crippen molar-refractivity contribution in [2.75, 3.05) is 5.43 Å². The van der Waals surface area contributed by atoms with Gasteiger partial charge in [-0.05, 0) is 6.42 Å². The van der Waals surface area contributed by atoms with Gasteiger partial charge < -0.3 is 9.99 Å². The molecule has 0 unspecified atom stereocenters. The summed E-state index contributed by atoms with van der Waals surface area (Å²) in [4.78, 5) is 12.4. The third-order valence-electron chi connectivity index (χ3n) is 2.29. The van der Waals surface area contributed by atoms with E-state index in [2.05, 4.69) is 27.3 Å². The molecule has 0 aliphatic heterocycles. The van der Waals surface area contributed by atoms with E-state index in [1.54, 1.807) is 6.33 Å². The lowest BCUT2D eigenvalue weighted by molar-refractivity contribution is 0.641. The van der Waals surface area contributed by atoms with E-state index in [0.29, 0.717) is 5.82 Å². The number of nitrogens with zero attached hydrogens (tertiary/aromatic N) is 4. The van der Waals surface area contributed by atoms with Crippen LogP contribution in [0.15, 0.2) is 12.7 Å². The number of hydrogen-bond donors (Lipinski definition) is 2. The number of fused-ring (bicyclic) bond motifs is 1. The van der Waals surface area contributed by atoms with Gasteiger partial charge in [-0.25, -0.2) is 20.8 Å². The number of hydrogen-bond acceptors (Lipinski definition) is 5. The van der Waals surface area contributed by atoms with Gasteiger partial charge in [-0.2, -0.15) is 0 Å². The standard InChI is InChI=1S/C9H14N6/c1-2-3-4-15-6-13-7-8(14-10)11-5-12-9(7)15/h5-6H,2-4,10H2,1H3,(H,11,12,14). The third-order valence-corrected chi connectivity index (χ3v) is 2.29. The summed E-state index contributed by atoms with van der Waals surface area (Å²) in [5.41, 5.74) is 4.06. The van der Waals surface area contributed by atoms with Crippen LogP contribution in [0.1, 0.15) is 19.8 Å². The molecule has 0 spiro atoms. The van der Waals surface area contributed by atoms with E-state index in [1.165, 1.54) is 6.33 Å². The molecular formula is C9H14N6. The Morgan fingerprint density at radius 2 is 2.27 bits per heavy atom. The quantitative estimate of drug-likeness (QED) is 0.574. The third kappa shape index (κ3) is 1.75. The molecule has 3 N–H and O–H groups in total. The van der Waals surface area contributed by atoms with Gasteiger partial charge in [-0.3, -0.25) is 0 Å². The SMILES string of the molecule is CCCCn1cnc2c(NN)ncnc21. The Hall–Kier alpha value is -1.69. The maximum atomic E-state index is 5.34. The van der Waals surface area contributed by atoms with Crippen LogP contribution in [0.4, 0.5) is 5.82 Å². The Balaban J connectivity index is 2.42. The van der Waals surface area contributed by atoms with Crippen LogP contribution in [0.2, 0.25) is 0 Å². The molecule has 0 saturated carbocycles. The van der Waals surface area contributed by atoms with Gasteiger partial charge in [0.1, 0.15) is 6.33 Å². The highest BCUT2D eigenvalue weighted by Gasteiger charge is 2.07. The minimum absolute atomic E-state index is 0.565. The molecule has 0 aliphatic rings. The molecule has 0 amide bonds. The molecule has 6 nitrogen and oxygen atoms in total. The van der Waals surface area contributed by atoms with Crippen LogP contribution in [0.5, 0.6) is 0 Å². The van der Waals surface area contributed by atoms with Crippen molar-refractivity contribution in [2.24, 2.45) is 5.84 Å². The lowest BCUT2D eigenvalue weighted by Gasteiger charge is -2.02. The van der Waals surface area contributed by atoms with Crippen molar-refractivity contribution in [2.45, 2.75) is 26.3 Å². The summed E-state index contributed by atoms with van der Waals surface area (Å²) >= 11 is 0. The number of aryl methyl sites for hydroxylation is 1. The highest BCUT2D eigenvalue weighted by Crippen LogP contribution is 2.16. The van der Waals surface area contributed by atoms with Crippen molar-refractivity contribution >= 4 is 17.0 Å². The number of imidazole rings is 1. The van der Waals surface area contributed by atoms with Gasteiger partial charge in [0.25, 0.3) is 0 Å². The largest absolute Gasteiger partial charge is 0.315 e. The Bertz CT molecular complexity index is 449. The average Bonchev–Trinajstić information content (AvgIpc) is 2.69. The number of nitrogens with two attached hydrogens (primary N) is 1.